The van der Waals surface area contributed by atoms with Crippen LogP contribution in [0.3, 0.4) is 0 Å². The maximum absolute atomic E-state index is 13.1. The van der Waals surface area contributed by atoms with Crippen LogP contribution in [0.5, 0.6) is 11.5 Å². The highest BCUT2D eigenvalue weighted by Gasteiger charge is 2.38. The van der Waals surface area contributed by atoms with Gasteiger partial charge in [-0.3, -0.25) is 0 Å². The fourth-order valence-electron chi connectivity index (χ4n) is 3.60. The fraction of sp³-hybridized carbons (Fsp3) is 0.625. The molecule has 1 aromatic rings. The minimum absolute atomic E-state index is 0. The van der Waals surface area contributed by atoms with Crippen molar-refractivity contribution in [2.75, 3.05) is 40.4 Å². The van der Waals surface area contributed by atoms with Crippen molar-refractivity contribution >= 4 is 22.4 Å². The summed E-state index contributed by atoms with van der Waals surface area (Å²) in [5.41, 5.74) is 0.675. The third kappa shape index (κ3) is 3.35. The molecule has 8 heteroatoms. The van der Waals surface area contributed by atoms with Crippen LogP contribution in [-0.4, -0.2) is 53.1 Å². The molecule has 1 aromatic carbocycles. The first-order valence-electron chi connectivity index (χ1n) is 7.91. The highest BCUT2D eigenvalue weighted by atomic mass is 35.5. The largest absolute Gasteiger partial charge is 0.493 e. The zero-order valence-corrected chi connectivity index (χ0v) is 15.9. The molecule has 136 valence electrons. The summed E-state index contributed by atoms with van der Waals surface area (Å²) < 4.78 is 38.3. The van der Waals surface area contributed by atoms with Crippen molar-refractivity contribution in [1.29, 1.82) is 0 Å². The molecular weight excluding hydrogens is 352 g/mol. The van der Waals surface area contributed by atoms with Gasteiger partial charge in [0.2, 0.25) is 10.0 Å². The van der Waals surface area contributed by atoms with Crippen LogP contribution < -0.4 is 14.8 Å². The summed E-state index contributed by atoms with van der Waals surface area (Å²) in [7, 11) is -0.461. The summed E-state index contributed by atoms with van der Waals surface area (Å²) in [6, 6.07) is 3.29. The zero-order chi connectivity index (χ0) is 16.6. The number of fused-ring (bicyclic) bond motifs is 1. The van der Waals surface area contributed by atoms with Crippen LogP contribution in [0.2, 0.25) is 0 Å². The fourth-order valence-corrected chi connectivity index (χ4v) is 5.33. The maximum atomic E-state index is 13.1. The zero-order valence-electron chi connectivity index (χ0n) is 14.2. The number of nitrogens with zero attached hydrogens (tertiary/aromatic N) is 1. The van der Waals surface area contributed by atoms with Gasteiger partial charge in [-0.1, -0.05) is 0 Å². The Morgan fingerprint density at radius 3 is 2.42 bits per heavy atom. The van der Waals surface area contributed by atoms with E-state index in [2.05, 4.69) is 5.32 Å². The van der Waals surface area contributed by atoms with Crippen molar-refractivity contribution < 1.29 is 17.9 Å². The molecule has 2 atom stereocenters. The lowest BCUT2D eigenvalue weighted by atomic mass is 9.90. The van der Waals surface area contributed by atoms with Gasteiger partial charge in [-0.2, -0.15) is 4.31 Å². The van der Waals surface area contributed by atoms with Crippen molar-refractivity contribution in [3.05, 3.63) is 17.7 Å². The molecule has 2 unspecified atom stereocenters. The number of halogens is 1. The lowest BCUT2D eigenvalue weighted by Gasteiger charge is -2.34. The Kier molecular flexibility index (Phi) is 6.01. The van der Waals surface area contributed by atoms with Crippen LogP contribution in [0.1, 0.15) is 12.0 Å². The van der Waals surface area contributed by atoms with Crippen LogP contribution in [0.15, 0.2) is 17.0 Å². The van der Waals surface area contributed by atoms with Gasteiger partial charge in [0.1, 0.15) is 0 Å². The number of aryl methyl sites for hydroxylation is 1. The molecule has 0 amide bonds. The minimum atomic E-state index is -3.52. The highest BCUT2D eigenvalue weighted by molar-refractivity contribution is 7.89. The summed E-state index contributed by atoms with van der Waals surface area (Å²) in [6.45, 7) is 4.88. The molecule has 24 heavy (non-hydrogen) atoms. The van der Waals surface area contributed by atoms with Crippen molar-refractivity contribution in [3.8, 4) is 11.5 Å². The van der Waals surface area contributed by atoms with Gasteiger partial charge >= 0.3 is 0 Å². The third-order valence-electron chi connectivity index (χ3n) is 4.97. The van der Waals surface area contributed by atoms with E-state index in [1.54, 1.807) is 30.5 Å². The average molecular weight is 377 g/mol. The number of nitrogens with one attached hydrogen (secondary N) is 1. The number of sulfonamides is 1. The van der Waals surface area contributed by atoms with E-state index in [4.69, 9.17) is 9.47 Å². The number of hydrogen-bond acceptors (Lipinski definition) is 5. The Morgan fingerprint density at radius 1 is 1.12 bits per heavy atom. The van der Waals surface area contributed by atoms with E-state index in [0.717, 1.165) is 19.5 Å². The van der Waals surface area contributed by atoms with E-state index in [1.807, 2.05) is 0 Å². The number of benzene rings is 1. The summed E-state index contributed by atoms with van der Waals surface area (Å²) >= 11 is 0. The van der Waals surface area contributed by atoms with Gasteiger partial charge in [-0.25, -0.2) is 8.42 Å². The molecule has 0 bridgehead atoms. The summed E-state index contributed by atoms with van der Waals surface area (Å²) in [5.74, 6) is 2.00. The van der Waals surface area contributed by atoms with Gasteiger partial charge in [-0.15, -0.1) is 12.4 Å². The van der Waals surface area contributed by atoms with Crippen molar-refractivity contribution in [1.82, 2.24) is 9.62 Å². The summed E-state index contributed by atoms with van der Waals surface area (Å²) in [4.78, 5) is 0.305. The molecule has 3 rings (SSSR count). The highest BCUT2D eigenvalue weighted by Crippen LogP contribution is 2.35. The van der Waals surface area contributed by atoms with Gasteiger partial charge in [0.05, 0.1) is 19.1 Å². The molecule has 2 aliphatic heterocycles. The van der Waals surface area contributed by atoms with Crippen molar-refractivity contribution in [3.63, 3.8) is 0 Å². The molecule has 0 aromatic heterocycles. The number of rotatable bonds is 4. The normalized spacial score (nSPS) is 24.1. The third-order valence-corrected chi connectivity index (χ3v) is 6.97. The second-order valence-electron chi connectivity index (χ2n) is 6.30. The molecule has 0 radical (unpaired) electrons. The van der Waals surface area contributed by atoms with Gasteiger partial charge in [0.15, 0.2) is 11.5 Å². The predicted molar refractivity (Wildman–Crippen MR) is 94.8 cm³/mol. The van der Waals surface area contributed by atoms with E-state index in [9.17, 15) is 8.42 Å². The van der Waals surface area contributed by atoms with E-state index in [1.165, 1.54) is 7.11 Å². The monoisotopic (exact) mass is 376 g/mol. The number of ether oxygens (including phenoxy) is 2. The van der Waals surface area contributed by atoms with Crippen LogP contribution in [0.4, 0.5) is 0 Å². The molecule has 2 fully saturated rings. The Labute approximate surface area is 150 Å². The maximum Gasteiger partial charge on any atom is 0.243 e. The second kappa shape index (κ2) is 7.47. The van der Waals surface area contributed by atoms with E-state index in [0.29, 0.717) is 46.9 Å². The van der Waals surface area contributed by atoms with Gasteiger partial charge in [-0.05, 0) is 49.9 Å². The lowest BCUT2D eigenvalue weighted by Crippen LogP contribution is -2.43. The standard InChI is InChI=1S/C16H24N2O4S.ClH/c1-11-6-14(21-2)15(22-3)7-16(11)23(19,20)18-5-4-12-8-17-9-13(12)10-18;/h6-7,12-13,17H,4-5,8-10H2,1-3H3;1H. The summed E-state index contributed by atoms with van der Waals surface area (Å²) in [5, 5.41) is 3.36. The molecule has 2 heterocycles. The number of methoxy groups -OCH3 is 2. The number of piperidine rings is 1. The molecule has 0 aliphatic carbocycles. The average Bonchev–Trinajstić information content (AvgIpc) is 3.01. The molecule has 6 nitrogen and oxygen atoms in total. The first-order valence-corrected chi connectivity index (χ1v) is 9.35. The van der Waals surface area contributed by atoms with Gasteiger partial charge in [0.25, 0.3) is 0 Å². The Bertz CT molecular complexity index is 696. The van der Waals surface area contributed by atoms with E-state index >= 15 is 0 Å². The second-order valence-corrected chi connectivity index (χ2v) is 8.21. The molecule has 0 spiro atoms. The first-order chi connectivity index (χ1) is 11.0. The van der Waals surface area contributed by atoms with Gasteiger partial charge in [0, 0.05) is 19.2 Å². The molecule has 2 aliphatic rings. The van der Waals surface area contributed by atoms with Crippen molar-refractivity contribution in [2.45, 2.75) is 18.2 Å². The Morgan fingerprint density at radius 2 is 1.75 bits per heavy atom. The minimum Gasteiger partial charge on any atom is -0.493 e. The summed E-state index contributed by atoms with van der Waals surface area (Å²) in [6.07, 6.45) is 0.920. The topological polar surface area (TPSA) is 67.9 Å². The van der Waals surface area contributed by atoms with Crippen LogP contribution in [0, 0.1) is 18.8 Å². The molecule has 0 saturated carbocycles. The van der Waals surface area contributed by atoms with E-state index in [-0.39, 0.29) is 12.4 Å². The van der Waals surface area contributed by atoms with Gasteiger partial charge < -0.3 is 14.8 Å². The van der Waals surface area contributed by atoms with Crippen LogP contribution >= 0.6 is 12.4 Å². The molecular formula is C16H25ClN2O4S. The number of hydrogen-bond donors (Lipinski definition) is 1. The Hall–Kier alpha value is -1.02. The molecule has 2 saturated heterocycles. The smallest absolute Gasteiger partial charge is 0.243 e. The predicted octanol–water partition coefficient (Wildman–Crippen LogP) is 1.66. The van der Waals surface area contributed by atoms with E-state index < -0.39 is 10.0 Å². The SMILES string of the molecule is COc1cc(C)c(S(=O)(=O)N2CCC3CNCC3C2)cc1OC.Cl. The van der Waals surface area contributed by atoms with Crippen molar-refractivity contribution in [2.24, 2.45) is 11.8 Å². The molecule has 1 N–H and O–H groups in total. The first kappa shape index (κ1) is 19.3. The lowest BCUT2D eigenvalue weighted by molar-refractivity contribution is 0.227. The van der Waals surface area contributed by atoms with Crippen LogP contribution in [0.25, 0.3) is 0 Å². The Balaban J connectivity index is 0.00000208. The quantitative estimate of drug-likeness (QED) is 0.865. The van der Waals surface area contributed by atoms with Crippen LogP contribution in [-0.2, 0) is 10.0 Å².